The average Bonchev–Trinajstić information content (AvgIpc) is 3.20. The van der Waals surface area contributed by atoms with Gasteiger partial charge in [-0.05, 0) is 49.9 Å². The van der Waals surface area contributed by atoms with Crippen LogP contribution in [-0.2, 0) is 11.3 Å². The lowest BCUT2D eigenvalue weighted by Gasteiger charge is -2.21. The first-order chi connectivity index (χ1) is 9.19. The van der Waals surface area contributed by atoms with Crippen LogP contribution in [0.25, 0.3) is 0 Å². The third-order valence-electron chi connectivity index (χ3n) is 3.40. The van der Waals surface area contributed by atoms with Crippen molar-refractivity contribution in [2.24, 2.45) is 5.92 Å². The Balaban J connectivity index is 0.00000200. The zero-order valence-electron chi connectivity index (χ0n) is 11.8. The smallest absolute Gasteiger partial charge is 0.236 e. The summed E-state index contributed by atoms with van der Waals surface area (Å²) in [5.74, 6) is 0.957. The number of hydrogen-bond acceptors (Lipinski definition) is 2. The van der Waals surface area contributed by atoms with Crippen LogP contribution < -0.4 is 5.32 Å². The summed E-state index contributed by atoms with van der Waals surface area (Å²) in [7, 11) is 0. The lowest BCUT2D eigenvalue weighted by molar-refractivity contribution is -0.130. The summed E-state index contributed by atoms with van der Waals surface area (Å²) >= 11 is 5.96. The summed E-state index contributed by atoms with van der Waals surface area (Å²) < 4.78 is 0. The highest BCUT2D eigenvalue weighted by molar-refractivity contribution is 6.30. The van der Waals surface area contributed by atoms with Gasteiger partial charge in [-0.1, -0.05) is 23.7 Å². The Labute approximate surface area is 132 Å². The maximum atomic E-state index is 12.1. The van der Waals surface area contributed by atoms with Crippen LogP contribution in [0, 0.1) is 5.92 Å². The average molecular weight is 317 g/mol. The van der Waals surface area contributed by atoms with Gasteiger partial charge in [0, 0.05) is 18.1 Å². The van der Waals surface area contributed by atoms with E-state index in [2.05, 4.69) is 5.32 Å². The van der Waals surface area contributed by atoms with Crippen molar-refractivity contribution < 1.29 is 4.79 Å². The lowest BCUT2D eigenvalue weighted by atomic mass is 10.2. The largest absolute Gasteiger partial charge is 0.338 e. The molecule has 1 aliphatic carbocycles. The van der Waals surface area contributed by atoms with E-state index in [0.29, 0.717) is 18.1 Å². The van der Waals surface area contributed by atoms with Crippen LogP contribution in [0.3, 0.4) is 0 Å². The first-order valence-electron chi connectivity index (χ1n) is 6.92. The van der Waals surface area contributed by atoms with Crippen molar-refractivity contribution in [3.05, 3.63) is 34.9 Å². The Morgan fingerprint density at radius 3 is 2.80 bits per heavy atom. The fraction of sp³-hybridized carbons (Fsp3) is 0.533. The van der Waals surface area contributed by atoms with Crippen LogP contribution in [0.1, 0.15) is 25.3 Å². The fourth-order valence-electron chi connectivity index (χ4n) is 2.05. The Morgan fingerprint density at radius 1 is 1.45 bits per heavy atom. The summed E-state index contributed by atoms with van der Waals surface area (Å²) in [6, 6.07) is 7.68. The van der Waals surface area contributed by atoms with Gasteiger partial charge in [0.15, 0.2) is 0 Å². The maximum absolute atomic E-state index is 12.1. The van der Waals surface area contributed by atoms with Gasteiger partial charge in [0.1, 0.15) is 0 Å². The molecule has 1 N–H and O–H groups in total. The van der Waals surface area contributed by atoms with E-state index in [1.165, 1.54) is 12.8 Å². The second-order valence-electron chi connectivity index (χ2n) is 5.11. The minimum absolute atomic E-state index is 0. The predicted octanol–water partition coefficient (Wildman–Crippen LogP) is 3.11. The number of nitrogens with one attached hydrogen (secondary N) is 1. The van der Waals surface area contributed by atoms with Crippen molar-refractivity contribution in [1.82, 2.24) is 10.2 Å². The van der Waals surface area contributed by atoms with Crippen LogP contribution in [0.15, 0.2) is 24.3 Å². The zero-order chi connectivity index (χ0) is 13.7. The second kappa shape index (κ2) is 8.50. The Bertz CT molecular complexity index is 436. The first kappa shape index (κ1) is 17.3. The molecule has 0 bridgehead atoms. The molecule has 2 rings (SSSR count). The molecule has 0 radical (unpaired) electrons. The van der Waals surface area contributed by atoms with Gasteiger partial charge in [0.2, 0.25) is 5.91 Å². The number of nitrogens with zero attached hydrogens (tertiary/aromatic N) is 1. The summed E-state index contributed by atoms with van der Waals surface area (Å²) in [5, 5.41) is 3.96. The highest BCUT2D eigenvalue weighted by atomic mass is 35.5. The molecule has 1 aliphatic rings. The van der Waals surface area contributed by atoms with Crippen LogP contribution in [-0.4, -0.2) is 30.4 Å². The monoisotopic (exact) mass is 316 g/mol. The van der Waals surface area contributed by atoms with E-state index in [1.54, 1.807) is 0 Å². The third kappa shape index (κ3) is 5.70. The summed E-state index contributed by atoms with van der Waals surface area (Å²) in [5.41, 5.74) is 1.07. The molecule has 1 aromatic rings. The Kier molecular flexibility index (Phi) is 7.35. The Hall–Kier alpha value is -0.770. The second-order valence-corrected chi connectivity index (χ2v) is 5.55. The van der Waals surface area contributed by atoms with Crippen molar-refractivity contribution >= 4 is 29.9 Å². The van der Waals surface area contributed by atoms with Gasteiger partial charge < -0.3 is 10.2 Å². The van der Waals surface area contributed by atoms with Gasteiger partial charge in [0.05, 0.1) is 6.54 Å². The minimum Gasteiger partial charge on any atom is -0.338 e. The van der Waals surface area contributed by atoms with Gasteiger partial charge in [-0.2, -0.15) is 0 Å². The molecule has 1 saturated carbocycles. The summed E-state index contributed by atoms with van der Waals surface area (Å²) in [6.07, 6.45) is 2.61. The van der Waals surface area contributed by atoms with Crippen LogP contribution in [0.4, 0.5) is 0 Å². The zero-order valence-corrected chi connectivity index (χ0v) is 13.3. The third-order valence-corrected chi connectivity index (χ3v) is 3.64. The summed E-state index contributed by atoms with van der Waals surface area (Å²) in [4.78, 5) is 13.9. The molecule has 0 unspecified atom stereocenters. The van der Waals surface area contributed by atoms with Crippen LogP contribution >= 0.6 is 24.0 Å². The van der Waals surface area contributed by atoms with E-state index in [0.717, 1.165) is 24.6 Å². The van der Waals surface area contributed by atoms with E-state index in [-0.39, 0.29) is 18.3 Å². The standard InChI is InChI=1S/C15H21ClN2O.ClH/c1-2-18(11-13-4-3-5-14(16)8-13)15(19)10-17-9-12-6-7-12;/h3-5,8,12,17H,2,6-7,9-11H2,1H3;1H. The molecule has 0 atom stereocenters. The molecule has 1 amide bonds. The molecule has 1 fully saturated rings. The molecule has 112 valence electrons. The molecule has 20 heavy (non-hydrogen) atoms. The highest BCUT2D eigenvalue weighted by Crippen LogP contribution is 2.27. The lowest BCUT2D eigenvalue weighted by Crippen LogP contribution is -2.38. The van der Waals surface area contributed by atoms with Crippen molar-refractivity contribution in [3.63, 3.8) is 0 Å². The number of hydrogen-bond donors (Lipinski definition) is 1. The van der Waals surface area contributed by atoms with Crippen LogP contribution in [0.2, 0.25) is 5.02 Å². The number of likely N-dealkylation sites (N-methyl/N-ethyl adjacent to an activating group) is 1. The quantitative estimate of drug-likeness (QED) is 0.838. The van der Waals surface area contributed by atoms with Crippen molar-refractivity contribution in [1.29, 1.82) is 0 Å². The highest BCUT2D eigenvalue weighted by Gasteiger charge is 2.21. The SMILES string of the molecule is CCN(Cc1cccc(Cl)c1)C(=O)CNCC1CC1.Cl. The van der Waals surface area contributed by atoms with Crippen LogP contribution in [0.5, 0.6) is 0 Å². The van der Waals surface area contributed by atoms with E-state index in [9.17, 15) is 4.79 Å². The molecule has 0 saturated heterocycles. The normalized spacial score (nSPS) is 13.7. The molecule has 0 aliphatic heterocycles. The van der Waals surface area contributed by atoms with E-state index in [4.69, 9.17) is 11.6 Å². The van der Waals surface area contributed by atoms with Gasteiger partial charge >= 0.3 is 0 Å². The van der Waals surface area contributed by atoms with E-state index in [1.807, 2.05) is 36.1 Å². The van der Waals surface area contributed by atoms with Gasteiger partial charge in [-0.3, -0.25) is 4.79 Å². The minimum atomic E-state index is 0. The maximum Gasteiger partial charge on any atom is 0.236 e. The molecule has 0 spiro atoms. The number of carbonyl (C=O) groups is 1. The number of amides is 1. The molecule has 1 aromatic carbocycles. The van der Waals surface area contributed by atoms with Crippen molar-refractivity contribution in [3.8, 4) is 0 Å². The predicted molar refractivity (Wildman–Crippen MR) is 85.4 cm³/mol. The molecule has 0 aromatic heterocycles. The number of carbonyl (C=O) groups excluding carboxylic acids is 1. The van der Waals surface area contributed by atoms with E-state index >= 15 is 0 Å². The number of benzene rings is 1. The fourth-order valence-corrected chi connectivity index (χ4v) is 2.26. The topological polar surface area (TPSA) is 32.3 Å². The molecule has 5 heteroatoms. The molecular weight excluding hydrogens is 295 g/mol. The molecule has 3 nitrogen and oxygen atoms in total. The summed E-state index contributed by atoms with van der Waals surface area (Å²) in [6.45, 7) is 4.76. The molecular formula is C15H22Cl2N2O. The van der Waals surface area contributed by atoms with E-state index < -0.39 is 0 Å². The van der Waals surface area contributed by atoms with Crippen molar-refractivity contribution in [2.75, 3.05) is 19.6 Å². The van der Waals surface area contributed by atoms with Crippen molar-refractivity contribution in [2.45, 2.75) is 26.3 Å². The van der Waals surface area contributed by atoms with Gasteiger partial charge in [0.25, 0.3) is 0 Å². The number of halogens is 2. The van der Waals surface area contributed by atoms with Gasteiger partial charge in [-0.25, -0.2) is 0 Å². The first-order valence-corrected chi connectivity index (χ1v) is 7.29. The number of rotatable bonds is 7. The Morgan fingerprint density at radius 2 is 2.20 bits per heavy atom. The molecule has 0 heterocycles. The van der Waals surface area contributed by atoms with Gasteiger partial charge in [-0.15, -0.1) is 12.4 Å².